The minimum absolute atomic E-state index is 0.613. The first kappa shape index (κ1) is 20.1. The molecular formula is C22H26ClN5. The molecule has 0 saturated carbocycles. The summed E-state index contributed by atoms with van der Waals surface area (Å²) in [7, 11) is 4.14. The normalized spacial score (nSPS) is 10.9. The molecule has 1 aromatic heterocycles. The lowest BCUT2D eigenvalue weighted by Gasteiger charge is -2.14. The van der Waals surface area contributed by atoms with Gasteiger partial charge in [-0.3, -0.25) is 0 Å². The zero-order valence-corrected chi connectivity index (χ0v) is 17.3. The summed E-state index contributed by atoms with van der Waals surface area (Å²) in [6.07, 6.45) is 1.02. The first-order valence-corrected chi connectivity index (χ1v) is 9.76. The second-order valence-corrected chi connectivity index (χ2v) is 7.36. The molecule has 3 aromatic rings. The summed E-state index contributed by atoms with van der Waals surface area (Å²) in [6, 6.07) is 17.9. The molecule has 0 spiro atoms. The van der Waals surface area contributed by atoms with Crippen LogP contribution in [0.5, 0.6) is 0 Å². The van der Waals surface area contributed by atoms with E-state index in [9.17, 15) is 0 Å². The fourth-order valence-electron chi connectivity index (χ4n) is 2.82. The highest BCUT2D eigenvalue weighted by Gasteiger charge is 2.09. The van der Waals surface area contributed by atoms with E-state index in [4.69, 9.17) is 16.6 Å². The number of aromatic nitrogens is 2. The molecule has 2 aromatic carbocycles. The Labute approximate surface area is 171 Å². The number of hydrogen-bond donors (Lipinski definition) is 2. The van der Waals surface area contributed by atoms with Gasteiger partial charge in [-0.15, -0.1) is 0 Å². The van der Waals surface area contributed by atoms with Crippen molar-refractivity contribution in [3.05, 3.63) is 65.2 Å². The monoisotopic (exact) mass is 395 g/mol. The Morgan fingerprint density at radius 3 is 2.54 bits per heavy atom. The van der Waals surface area contributed by atoms with Crippen molar-refractivity contribution in [3.63, 3.8) is 0 Å². The van der Waals surface area contributed by atoms with Crippen molar-refractivity contribution in [2.75, 3.05) is 37.8 Å². The highest BCUT2D eigenvalue weighted by atomic mass is 35.5. The lowest BCUT2D eigenvalue weighted by atomic mass is 10.1. The lowest BCUT2D eigenvalue weighted by Crippen LogP contribution is -2.17. The summed E-state index contributed by atoms with van der Waals surface area (Å²) < 4.78 is 0. The van der Waals surface area contributed by atoms with Crippen LogP contribution >= 0.6 is 11.6 Å². The van der Waals surface area contributed by atoms with E-state index in [1.165, 1.54) is 0 Å². The van der Waals surface area contributed by atoms with Crippen molar-refractivity contribution in [1.82, 2.24) is 14.9 Å². The van der Waals surface area contributed by atoms with Crippen LogP contribution in [-0.2, 0) is 0 Å². The predicted molar refractivity (Wildman–Crippen MR) is 119 cm³/mol. The average Bonchev–Trinajstić information content (AvgIpc) is 2.69. The maximum atomic E-state index is 6.26. The van der Waals surface area contributed by atoms with Crippen molar-refractivity contribution in [1.29, 1.82) is 0 Å². The van der Waals surface area contributed by atoms with Crippen LogP contribution in [0.1, 0.15) is 12.0 Å². The van der Waals surface area contributed by atoms with E-state index in [1.54, 1.807) is 0 Å². The fraction of sp³-hybridized carbons (Fsp3) is 0.273. The van der Waals surface area contributed by atoms with Crippen molar-refractivity contribution in [2.45, 2.75) is 13.3 Å². The molecule has 6 heteroatoms. The van der Waals surface area contributed by atoms with Gasteiger partial charge in [-0.1, -0.05) is 48.0 Å². The Morgan fingerprint density at radius 1 is 1.00 bits per heavy atom. The third kappa shape index (κ3) is 5.44. The Kier molecular flexibility index (Phi) is 6.85. The molecule has 5 nitrogen and oxygen atoms in total. The standard InChI is InChI=1S/C22H26ClN5/c1-16-18(23)11-7-12-19(16)25-21-15-20(17-9-5-4-6-10-17)26-22(27-21)24-13-8-14-28(2)3/h4-7,9-12,15H,8,13-14H2,1-3H3,(H2,24,25,26,27). The maximum absolute atomic E-state index is 6.26. The van der Waals surface area contributed by atoms with Crippen LogP contribution in [0.4, 0.5) is 17.5 Å². The van der Waals surface area contributed by atoms with Gasteiger partial charge in [-0.2, -0.15) is 4.98 Å². The molecule has 1 heterocycles. The Morgan fingerprint density at radius 2 is 1.79 bits per heavy atom. The zero-order chi connectivity index (χ0) is 19.9. The first-order valence-electron chi connectivity index (χ1n) is 9.38. The van der Waals surface area contributed by atoms with Crippen LogP contribution in [-0.4, -0.2) is 42.1 Å². The maximum Gasteiger partial charge on any atom is 0.225 e. The largest absolute Gasteiger partial charge is 0.354 e. The summed E-state index contributed by atoms with van der Waals surface area (Å²) in [5.74, 6) is 1.34. The molecule has 0 unspecified atom stereocenters. The van der Waals surface area contributed by atoms with Crippen molar-refractivity contribution < 1.29 is 0 Å². The van der Waals surface area contributed by atoms with Gasteiger partial charge in [0.2, 0.25) is 5.95 Å². The van der Waals surface area contributed by atoms with Crippen LogP contribution in [0.3, 0.4) is 0 Å². The molecule has 0 fully saturated rings. The molecule has 28 heavy (non-hydrogen) atoms. The molecule has 146 valence electrons. The quantitative estimate of drug-likeness (QED) is 0.512. The number of nitrogens with one attached hydrogen (secondary N) is 2. The average molecular weight is 396 g/mol. The zero-order valence-electron chi connectivity index (χ0n) is 16.5. The lowest BCUT2D eigenvalue weighted by molar-refractivity contribution is 0.405. The fourth-order valence-corrected chi connectivity index (χ4v) is 3.00. The predicted octanol–water partition coefficient (Wildman–Crippen LogP) is 5.21. The van der Waals surface area contributed by atoms with Gasteiger partial charge in [0.25, 0.3) is 0 Å². The number of nitrogens with zero attached hydrogens (tertiary/aromatic N) is 3. The summed E-state index contributed by atoms with van der Waals surface area (Å²) in [6.45, 7) is 3.81. The summed E-state index contributed by atoms with van der Waals surface area (Å²) in [4.78, 5) is 11.5. The molecule has 0 saturated heterocycles. The summed E-state index contributed by atoms with van der Waals surface area (Å²) in [5, 5.41) is 7.46. The van der Waals surface area contributed by atoms with Gasteiger partial charge in [0.05, 0.1) is 5.69 Å². The Bertz CT molecular complexity index is 912. The van der Waals surface area contributed by atoms with E-state index in [1.807, 2.05) is 61.5 Å². The van der Waals surface area contributed by atoms with Crippen LogP contribution < -0.4 is 10.6 Å². The van der Waals surface area contributed by atoms with E-state index in [2.05, 4.69) is 34.6 Å². The number of rotatable bonds is 8. The minimum Gasteiger partial charge on any atom is -0.354 e. The van der Waals surface area contributed by atoms with Gasteiger partial charge < -0.3 is 15.5 Å². The van der Waals surface area contributed by atoms with Gasteiger partial charge in [-0.25, -0.2) is 4.98 Å². The number of benzene rings is 2. The molecule has 0 bridgehead atoms. The Balaban J connectivity index is 1.87. The number of hydrogen-bond acceptors (Lipinski definition) is 5. The van der Waals surface area contributed by atoms with Gasteiger partial charge in [-0.05, 0) is 51.7 Å². The minimum atomic E-state index is 0.613. The van der Waals surface area contributed by atoms with Gasteiger partial charge in [0.1, 0.15) is 5.82 Å². The van der Waals surface area contributed by atoms with E-state index >= 15 is 0 Å². The topological polar surface area (TPSA) is 53.1 Å². The summed E-state index contributed by atoms with van der Waals surface area (Å²) in [5.41, 5.74) is 3.84. The summed E-state index contributed by atoms with van der Waals surface area (Å²) >= 11 is 6.26. The van der Waals surface area contributed by atoms with E-state index < -0.39 is 0 Å². The molecule has 0 aliphatic carbocycles. The highest BCUT2D eigenvalue weighted by molar-refractivity contribution is 6.31. The van der Waals surface area contributed by atoms with Gasteiger partial charge in [0.15, 0.2) is 0 Å². The van der Waals surface area contributed by atoms with E-state index in [0.717, 1.165) is 52.9 Å². The van der Waals surface area contributed by atoms with Crippen LogP contribution in [0.15, 0.2) is 54.6 Å². The van der Waals surface area contributed by atoms with Crippen molar-refractivity contribution >= 4 is 29.1 Å². The SMILES string of the molecule is Cc1c(Cl)cccc1Nc1cc(-c2ccccc2)nc(NCCCN(C)C)n1. The second kappa shape index (κ2) is 9.53. The smallest absolute Gasteiger partial charge is 0.225 e. The second-order valence-electron chi connectivity index (χ2n) is 6.95. The molecule has 0 aliphatic rings. The third-order valence-electron chi connectivity index (χ3n) is 4.39. The number of anilines is 3. The van der Waals surface area contributed by atoms with Crippen molar-refractivity contribution in [2.24, 2.45) is 0 Å². The van der Waals surface area contributed by atoms with Gasteiger partial charge >= 0.3 is 0 Å². The molecule has 0 radical (unpaired) electrons. The van der Waals surface area contributed by atoms with Crippen LogP contribution in [0.2, 0.25) is 5.02 Å². The molecule has 2 N–H and O–H groups in total. The molecule has 0 aliphatic heterocycles. The van der Waals surface area contributed by atoms with E-state index in [0.29, 0.717) is 5.95 Å². The molecule has 0 amide bonds. The van der Waals surface area contributed by atoms with Crippen LogP contribution in [0.25, 0.3) is 11.3 Å². The first-order chi connectivity index (χ1) is 13.5. The molecular weight excluding hydrogens is 370 g/mol. The third-order valence-corrected chi connectivity index (χ3v) is 4.80. The molecule has 0 atom stereocenters. The highest BCUT2D eigenvalue weighted by Crippen LogP contribution is 2.28. The van der Waals surface area contributed by atoms with Crippen LogP contribution in [0, 0.1) is 6.92 Å². The number of halogens is 1. The molecule has 3 rings (SSSR count). The Hall–Kier alpha value is -2.63. The van der Waals surface area contributed by atoms with Crippen molar-refractivity contribution in [3.8, 4) is 11.3 Å². The van der Waals surface area contributed by atoms with E-state index in [-0.39, 0.29) is 0 Å². The van der Waals surface area contributed by atoms with Gasteiger partial charge in [0, 0.05) is 28.9 Å².